The van der Waals surface area contributed by atoms with Crippen LogP contribution < -0.4 is 0 Å². The topological polar surface area (TPSA) is 60.4 Å². The summed E-state index contributed by atoms with van der Waals surface area (Å²) in [5.74, 6) is -0.696. The van der Waals surface area contributed by atoms with E-state index in [9.17, 15) is 13.2 Å². The monoisotopic (exact) mass is 254 g/mol. The van der Waals surface area contributed by atoms with Crippen molar-refractivity contribution in [2.45, 2.75) is 18.7 Å². The summed E-state index contributed by atoms with van der Waals surface area (Å²) in [5, 5.41) is 0.858. The van der Waals surface area contributed by atoms with Crippen molar-refractivity contribution < 1.29 is 17.9 Å². The van der Waals surface area contributed by atoms with E-state index < -0.39 is 15.8 Å². The summed E-state index contributed by atoms with van der Waals surface area (Å²) in [6.45, 7) is 3.60. The maximum Gasteiger partial charge on any atom is 0.331 e. The number of esters is 1. The fraction of sp³-hybridized carbons (Fsp3) is 0.250. The zero-order valence-electron chi connectivity index (χ0n) is 9.93. The lowest BCUT2D eigenvalue weighted by molar-refractivity contribution is -0.134. The van der Waals surface area contributed by atoms with Crippen molar-refractivity contribution in [2.75, 3.05) is 7.11 Å². The van der Waals surface area contributed by atoms with Crippen LogP contribution in [0.25, 0.3) is 0 Å². The van der Waals surface area contributed by atoms with Gasteiger partial charge in [-0.3, -0.25) is 0 Å². The van der Waals surface area contributed by atoms with Gasteiger partial charge >= 0.3 is 5.97 Å². The largest absolute Gasteiger partial charge is 0.466 e. The Labute approximate surface area is 101 Å². The van der Waals surface area contributed by atoms with Crippen LogP contribution in [0.1, 0.15) is 11.1 Å². The molecule has 0 atom stereocenters. The molecular formula is C12H14O4S. The molecule has 0 spiro atoms. The van der Waals surface area contributed by atoms with Crippen LogP contribution in [0.5, 0.6) is 0 Å². The Balaban J connectivity index is 3.14. The van der Waals surface area contributed by atoms with Crippen molar-refractivity contribution >= 4 is 15.8 Å². The van der Waals surface area contributed by atoms with E-state index in [2.05, 4.69) is 4.74 Å². The maximum absolute atomic E-state index is 11.9. The van der Waals surface area contributed by atoms with E-state index in [0.29, 0.717) is 5.56 Å². The first-order chi connectivity index (χ1) is 7.86. The average molecular weight is 254 g/mol. The number of benzene rings is 1. The van der Waals surface area contributed by atoms with Gasteiger partial charge in [-0.1, -0.05) is 17.7 Å². The molecule has 5 heteroatoms. The molecule has 0 unspecified atom stereocenters. The molecule has 0 aliphatic heterocycles. The molecule has 0 fully saturated rings. The second kappa shape index (κ2) is 5.14. The molecule has 4 nitrogen and oxygen atoms in total. The van der Waals surface area contributed by atoms with Gasteiger partial charge in [-0.25, -0.2) is 13.2 Å². The highest BCUT2D eigenvalue weighted by Gasteiger charge is 2.13. The van der Waals surface area contributed by atoms with Crippen molar-refractivity contribution in [2.24, 2.45) is 0 Å². The first kappa shape index (κ1) is 13.4. The van der Waals surface area contributed by atoms with Crippen molar-refractivity contribution in [3.63, 3.8) is 0 Å². The van der Waals surface area contributed by atoms with Crippen molar-refractivity contribution in [1.82, 2.24) is 0 Å². The average Bonchev–Trinajstić information content (AvgIpc) is 2.25. The number of hydrogen-bond donors (Lipinski definition) is 0. The van der Waals surface area contributed by atoms with E-state index in [1.807, 2.05) is 6.92 Å². The van der Waals surface area contributed by atoms with E-state index in [0.717, 1.165) is 17.0 Å². The standard InChI is InChI=1S/C12H14O4S/c1-9-4-5-11(10(2)8-9)17(14,15)7-6-12(13)16-3/h4-8H,1-3H3/b7-6+. The molecule has 0 radical (unpaired) electrons. The third-order valence-electron chi connectivity index (χ3n) is 2.22. The van der Waals surface area contributed by atoms with Gasteiger partial charge < -0.3 is 4.74 Å². The Morgan fingerprint density at radius 3 is 2.47 bits per heavy atom. The van der Waals surface area contributed by atoms with Crippen LogP contribution in [0.4, 0.5) is 0 Å². The van der Waals surface area contributed by atoms with Gasteiger partial charge in [-0.15, -0.1) is 0 Å². The van der Waals surface area contributed by atoms with Crippen LogP contribution in [0.3, 0.4) is 0 Å². The lowest BCUT2D eigenvalue weighted by Gasteiger charge is -2.04. The summed E-state index contributed by atoms with van der Waals surface area (Å²) in [7, 11) is -2.40. The van der Waals surface area contributed by atoms with Crippen LogP contribution in [0, 0.1) is 13.8 Å². The smallest absolute Gasteiger partial charge is 0.331 e. The number of sulfone groups is 1. The molecule has 17 heavy (non-hydrogen) atoms. The molecule has 0 amide bonds. The van der Waals surface area contributed by atoms with Gasteiger partial charge in [0, 0.05) is 11.5 Å². The van der Waals surface area contributed by atoms with Gasteiger partial charge in [0.1, 0.15) is 0 Å². The van der Waals surface area contributed by atoms with Crippen molar-refractivity contribution in [3.8, 4) is 0 Å². The zero-order chi connectivity index (χ0) is 13.1. The molecule has 92 valence electrons. The van der Waals surface area contributed by atoms with Gasteiger partial charge in [0.05, 0.1) is 12.0 Å². The molecule has 0 N–H and O–H groups in total. The van der Waals surface area contributed by atoms with Gasteiger partial charge in [-0.05, 0) is 25.5 Å². The molecule has 0 aliphatic carbocycles. The number of carbonyl (C=O) groups is 1. The highest BCUT2D eigenvalue weighted by atomic mass is 32.2. The molecule has 1 aromatic carbocycles. The molecular weight excluding hydrogens is 240 g/mol. The predicted molar refractivity (Wildman–Crippen MR) is 64.3 cm³/mol. The molecule has 0 aliphatic rings. The van der Waals surface area contributed by atoms with Gasteiger partial charge in [0.2, 0.25) is 0 Å². The van der Waals surface area contributed by atoms with E-state index in [1.165, 1.54) is 13.2 Å². The Morgan fingerprint density at radius 1 is 1.29 bits per heavy atom. The minimum Gasteiger partial charge on any atom is -0.466 e. The molecule has 1 aromatic rings. The van der Waals surface area contributed by atoms with Gasteiger partial charge in [0.25, 0.3) is 0 Å². The minimum atomic E-state index is -3.59. The molecule has 0 aromatic heterocycles. The molecule has 1 rings (SSSR count). The fourth-order valence-corrected chi connectivity index (χ4v) is 2.61. The van der Waals surface area contributed by atoms with Gasteiger partial charge in [0.15, 0.2) is 9.84 Å². The summed E-state index contributed by atoms with van der Waals surface area (Å²) in [4.78, 5) is 11.1. The quantitative estimate of drug-likeness (QED) is 0.609. The highest BCUT2D eigenvalue weighted by molar-refractivity contribution is 7.94. The molecule has 0 bridgehead atoms. The molecule has 0 saturated heterocycles. The predicted octanol–water partition coefficient (Wildman–Crippen LogP) is 1.76. The normalized spacial score (nSPS) is 11.7. The third-order valence-corrected chi connectivity index (χ3v) is 3.79. The van der Waals surface area contributed by atoms with E-state index in [-0.39, 0.29) is 4.90 Å². The number of carbonyl (C=O) groups excluding carboxylic acids is 1. The van der Waals surface area contributed by atoms with E-state index >= 15 is 0 Å². The van der Waals surface area contributed by atoms with Crippen molar-refractivity contribution in [1.29, 1.82) is 0 Å². The number of ether oxygens (including phenoxy) is 1. The van der Waals surface area contributed by atoms with Crippen molar-refractivity contribution in [3.05, 3.63) is 40.8 Å². The van der Waals surface area contributed by atoms with Crippen LogP contribution in [-0.4, -0.2) is 21.5 Å². The lowest BCUT2D eigenvalue weighted by atomic mass is 10.2. The minimum absolute atomic E-state index is 0.197. The lowest BCUT2D eigenvalue weighted by Crippen LogP contribution is -2.02. The van der Waals surface area contributed by atoms with Crippen LogP contribution in [-0.2, 0) is 19.4 Å². The first-order valence-electron chi connectivity index (χ1n) is 4.95. The Bertz CT molecular complexity index is 556. The second-order valence-corrected chi connectivity index (χ2v) is 5.44. The SMILES string of the molecule is COC(=O)/C=C/S(=O)(=O)c1ccc(C)cc1C. The summed E-state index contributed by atoms with van der Waals surface area (Å²) in [6.07, 6.45) is 0.897. The maximum atomic E-state index is 11.9. The molecule has 0 heterocycles. The second-order valence-electron chi connectivity index (χ2n) is 3.64. The van der Waals surface area contributed by atoms with Crippen LogP contribution in [0.2, 0.25) is 0 Å². The summed E-state index contributed by atoms with van der Waals surface area (Å²) >= 11 is 0. The number of methoxy groups -OCH3 is 1. The number of rotatable bonds is 3. The molecule has 0 saturated carbocycles. The Morgan fingerprint density at radius 2 is 1.94 bits per heavy atom. The van der Waals surface area contributed by atoms with Gasteiger partial charge in [-0.2, -0.15) is 0 Å². The third kappa shape index (κ3) is 3.42. The summed E-state index contributed by atoms with van der Waals surface area (Å²) < 4.78 is 28.1. The van der Waals surface area contributed by atoms with E-state index in [4.69, 9.17) is 0 Å². The zero-order valence-corrected chi connectivity index (χ0v) is 10.7. The van der Waals surface area contributed by atoms with Crippen LogP contribution in [0.15, 0.2) is 34.6 Å². The van der Waals surface area contributed by atoms with E-state index in [1.54, 1.807) is 19.1 Å². The highest BCUT2D eigenvalue weighted by Crippen LogP contribution is 2.18. The summed E-state index contributed by atoms with van der Waals surface area (Å²) in [6, 6.07) is 5.02. The fourth-order valence-electron chi connectivity index (χ4n) is 1.41. The number of aryl methyl sites for hydroxylation is 2. The Kier molecular flexibility index (Phi) is 4.07. The summed E-state index contributed by atoms with van der Waals surface area (Å²) in [5.41, 5.74) is 1.64. The van der Waals surface area contributed by atoms with Crippen LogP contribution >= 0.6 is 0 Å². The number of hydrogen-bond acceptors (Lipinski definition) is 4. The Hall–Kier alpha value is -1.62. The first-order valence-corrected chi connectivity index (χ1v) is 6.50.